The van der Waals surface area contributed by atoms with Gasteiger partial charge in [0.05, 0.1) is 12.0 Å². The van der Waals surface area contributed by atoms with E-state index in [0.29, 0.717) is 5.92 Å². The number of aliphatic hydroxyl groups is 1. The van der Waals surface area contributed by atoms with Gasteiger partial charge in [-0.2, -0.15) is 0 Å². The highest BCUT2D eigenvalue weighted by Crippen LogP contribution is 2.27. The lowest BCUT2D eigenvalue weighted by atomic mass is 9.94. The highest BCUT2D eigenvalue weighted by molar-refractivity contribution is 5.79. The second-order valence-electron chi connectivity index (χ2n) is 5.16. The summed E-state index contributed by atoms with van der Waals surface area (Å²) in [6.07, 6.45) is 3.79. The predicted molar refractivity (Wildman–Crippen MR) is 64.5 cm³/mol. The molecule has 2 heterocycles. The van der Waals surface area contributed by atoms with Crippen molar-refractivity contribution in [2.75, 3.05) is 26.3 Å². The standard InChI is InChI=1S/C13H23NO3/c1-2-12-11(5-8-17-12)13(16)14-6-3-10(9-15)4-7-14/h10-12,15H,2-9H2,1H3. The number of carbonyl (C=O) groups is 1. The monoisotopic (exact) mass is 241 g/mol. The minimum Gasteiger partial charge on any atom is -0.396 e. The van der Waals surface area contributed by atoms with Gasteiger partial charge in [0, 0.05) is 26.3 Å². The molecule has 0 aromatic carbocycles. The van der Waals surface area contributed by atoms with Crippen LogP contribution in [0.5, 0.6) is 0 Å². The third kappa shape index (κ3) is 2.80. The van der Waals surface area contributed by atoms with Crippen LogP contribution in [0, 0.1) is 11.8 Å². The Bertz CT molecular complexity index is 261. The van der Waals surface area contributed by atoms with Crippen LogP contribution in [0.4, 0.5) is 0 Å². The molecule has 2 fully saturated rings. The molecule has 0 bridgehead atoms. The first kappa shape index (κ1) is 12.8. The molecule has 0 saturated carbocycles. The van der Waals surface area contributed by atoms with E-state index in [4.69, 9.17) is 9.84 Å². The molecule has 4 nitrogen and oxygen atoms in total. The third-order valence-electron chi connectivity index (χ3n) is 4.11. The number of piperidine rings is 1. The first-order valence-corrected chi connectivity index (χ1v) is 6.77. The molecule has 2 saturated heterocycles. The van der Waals surface area contributed by atoms with Gasteiger partial charge in [-0.1, -0.05) is 6.92 Å². The van der Waals surface area contributed by atoms with E-state index in [2.05, 4.69) is 6.92 Å². The second-order valence-corrected chi connectivity index (χ2v) is 5.16. The normalized spacial score (nSPS) is 30.8. The third-order valence-corrected chi connectivity index (χ3v) is 4.11. The molecule has 1 amide bonds. The van der Waals surface area contributed by atoms with E-state index < -0.39 is 0 Å². The Morgan fingerprint density at radius 3 is 2.65 bits per heavy atom. The van der Waals surface area contributed by atoms with Gasteiger partial charge < -0.3 is 14.7 Å². The Kier molecular flexibility index (Phi) is 4.40. The summed E-state index contributed by atoms with van der Waals surface area (Å²) in [5, 5.41) is 9.08. The summed E-state index contributed by atoms with van der Waals surface area (Å²) in [5.74, 6) is 0.734. The lowest BCUT2D eigenvalue weighted by Gasteiger charge is -2.33. The highest BCUT2D eigenvalue weighted by Gasteiger charge is 2.36. The van der Waals surface area contributed by atoms with Crippen molar-refractivity contribution in [3.63, 3.8) is 0 Å². The Morgan fingerprint density at radius 2 is 2.06 bits per heavy atom. The van der Waals surface area contributed by atoms with Crippen LogP contribution in [0.15, 0.2) is 0 Å². The van der Waals surface area contributed by atoms with Crippen LogP contribution in [0.1, 0.15) is 32.6 Å². The summed E-state index contributed by atoms with van der Waals surface area (Å²) in [4.78, 5) is 14.3. The van der Waals surface area contributed by atoms with Crippen LogP contribution in [-0.4, -0.2) is 48.3 Å². The summed E-state index contributed by atoms with van der Waals surface area (Å²) in [5.41, 5.74) is 0. The zero-order chi connectivity index (χ0) is 12.3. The number of hydrogen-bond donors (Lipinski definition) is 1. The molecule has 0 aliphatic carbocycles. The molecule has 0 radical (unpaired) electrons. The molecule has 0 spiro atoms. The first-order chi connectivity index (χ1) is 8.26. The number of amides is 1. The van der Waals surface area contributed by atoms with E-state index >= 15 is 0 Å². The maximum Gasteiger partial charge on any atom is 0.228 e. The smallest absolute Gasteiger partial charge is 0.228 e. The van der Waals surface area contributed by atoms with Crippen LogP contribution < -0.4 is 0 Å². The molecule has 2 aliphatic heterocycles. The van der Waals surface area contributed by atoms with E-state index in [-0.39, 0.29) is 24.5 Å². The second kappa shape index (κ2) is 5.83. The minimum atomic E-state index is 0.0747. The van der Waals surface area contributed by atoms with E-state index in [0.717, 1.165) is 45.4 Å². The van der Waals surface area contributed by atoms with E-state index in [9.17, 15) is 4.79 Å². The SMILES string of the molecule is CCC1OCCC1C(=O)N1CCC(CO)CC1. The van der Waals surface area contributed by atoms with Gasteiger partial charge in [0.2, 0.25) is 5.91 Å². The quantitative estimate of drug-likeness (QED) is 0.803. The van der Waals surface area contributed by atoms with E-state index in [1.54, 1.807) is 0 Å². The summed E-state index contributed by atoms with van der Waals surface area (Å²) in [6, 6.07) is 0. The molecule has 98 valence electrons. The maximum atomic E-state index is 12.3. The number of carbonyl (C=O) groups excluding carboxylic acids is 1. The van der Waals surface area contributed by atoms with Gasteiger partial charge in [-0.15, -0.1) is 0 Å². The van der Waals surface area contributed by atoms with Crippen molar-refractivity contribution in [2.24, 2.45) is 11.8 Å². The van der Waals surface area contributed by atoms with Crippen molar-refractivity contribution in [3.05, 3.63) is 0 Å². The van der Waals surface area contributed by atoms with Crippen molar-refractivity contribution >= 4 is 5.91 Å². The van der Waals surface area contributed by atoms with E-state index in [1.807, 2.05) is 4.90 Å². The molecule has 1 N–H and O–H groups in total. The van der Waals surface area contributed by atoms with Crippen LogP contribution in [0.2, 0.25) is 0 Å². The zero-order valence-electron chi connectivity index (χ0n) is 10.6. The lowest BCUT2D eigenvalue weighted by Crippen LogP contribution is -2.44. The first-order valence-electron chi connectivity index (χ1n) is 6.77. The van der Waals surface area contributed by atoms with Gasteiger partial charge in [0.15, 0.2) is 0 Å². The van der Waals surface area contributed by atoms with Gasteiger partial charge in [0.1, 0.15) is 0 Å². The van der Waals surface area contributed by atoms with Crippen LogP contribution in [-0.2, 0) is 9.53 Å². The molecule has 2 unspecified atom stereocenters. The van der Waals surface area contributed by atoms with Gasteiger partial charge in [-0.05, 0) is 31.6 Å². The van der Waals surface area contributed by atoms with Gasteiger partial charge in [-0.25, -0.2) is 0 Å². The fourth-order valence-electron chi connectivity index (χ4n) is 2.90. The average molecular weight is 241 g/mol. The molecule has 17 heavy (non-hydrogen) atoms. The Labute approximate surface area is 103 Å². The Morgan fingerprint density at radius 1 is 1.35 bits per heavy atom. The number of likely N-dealkylation sites (tertiary alicyclic amines) is 1. The number of aliphatic hydroxyl groups excluding tert-OH is 1. The Hall–Kier alpha value is -0.610. The van der Waals surface area contributed by atoms with Crippen molar-refractivity contribution < 1.29 is 14.6 Å². The molecule has 2 rings (SSSR count). The molecule has 0 aromatic rings. The highest BCUT2D eigenvalue weighted by atomic mass is 16.5. The van der Waals surface area contributed by atoms with Crippen molar-refractivity contribution in [2.45, 2.75) is 38.7 Å². The fourth-order valence-corrected chi connectivity index (χ4v) is 2.90. The summed E-state index contributed by atoms with van der Waals surface area (Å²) in [7, 11) is 0. The van der Waals surface area contributed by atoms with Crippen molar-refractivity contribution in [1.82, 2.24) is 4.90 Å². The number of nitrogens with zero attached hydrogens (tertiary/aromatic N) is 1. The summed E-state index contributed by atoms with van der Waals surface area (Å²) >= 11 is 0. The largest absolute Gasteiger partial charge is 0.396 e. The molecule has 2 atom stereocenters. The molecule has 0 aromatic heterocycles. The van der Waals surface area contributed by atoms with Crippen molar-refractivity contribution in [3.8, 4) is 0 Å². The Balaban J connectivity index is 1.88. The number of hydrogen-bond acceptors (Lipinski definition) is 3. The van der Waals surface area contributed by atoms with Gasteiger partial charge in [-0.3, -0.25) is 4.79 Å². The molecular formula is C13H23NO3. The molecule has 2 aliphatic rings. The summed E-state index contributed by atoms with van der Waals surface area (Å²) < 4.78 is 5.58. The number of ether oxygens (including phenoxy) is 1. The summed E-state index contributed by atoms with van der Waals surface area (Å²) in [6.45, 7) is 4.66. The van der Waals surface area contributed by atoms with Gasteiger partial charge >= 0.3 is 0 Å². The number of rotatable bonds is 3. The van der Waals surface area contributed by atoms with Crippen molar-refractivity contribution in [1.29, 1.82) is 0 Å². The van der Waals surface area contributed by atoms with Gasteiger partial charge in [0.25, 0.3) is 0 Å². The fraction of sp³-hybridized carbons (Fsp3) is 0.923. The topological polar surface area (TPSA) is 49.8 Å². The zero-order valence-corrected chi connectivity index (χ0v) is 10.6. The maximum absolute atomic E-state index is 12.3. The lowest BCUT2D eigenvalue weighted by molar-refractivity contribution is -0.139. The van der Waals surface area contributed by atoms with Crippen LogP contribution in [0.25, 0.3) is 0 Å². The average Bonchev–Trinajstić information content (AvgIpc) is 2.86. The van der Waals surface area contributed by atoms with E-state index in [1.165, 1.54) is 0 Å². The predicted octanol–water partition coefficient (Wildman–Crippen LogP) is 1.03. The minimum absolute atomic E-state index is 0.0747. The van der Waals surface area contributed by atoms with Crippen LogP contribution >= 0.6 is 0 Å². The van der Waals surface area contributed by atoms with Crippen LogP contribution in [0.3, 0.4) is 0 Å². The molecule has 4 heteroatoms. The molecular weight excluding hydrogens is 218 g/mol.